The van der Waals surface area contributed by atoms with Crippen LogP contribution in [0.1, 0.15) is 37.4 Å². The van der Waals surface area contributed by atoms with Crippen molar-refractivity contribution in [3.63, 3.8) is 0 Å². The third kappa shape index (κ3) is 3.58. The molecule has 0 unspecified atom stereocenters. The summed E-state index contributed by atoms with van der Waals surface area (Å²) in [5, 5.41) is 3.12. The predicted octanol–water partition coefficient (Wildman–Crippen LogP) is 0.614. The van der Waals surface area contributed by atoms with Gasteiger partial charge in [-0.2, -0.15) is 0 Å². The van der Waals surface area contributed by atoms with E-state index < -0.39 is 0 Å². The van der Waals surface area contributed by atoms with Crippen molar-refractivity contribution in [3.8, 4) is 0 Å². The van der Waals surface area contributed by atoms with Crippen molar-refractivity contribution in [1.82, 2.24) is 9.97 Å². The zero-order chi connectivity index (χ0) is 12.3. The Morgan fingerprint density at radius 1 is 1.47 bits per heavy atom. The number of hydrogen-bond acceptors (Lipinski definition) is 5. The molecule has 5 N–H and O–H groups in total. The number of anilines is 2. The van der Waals surface area contributed by atoms with E-state index >= 15 is 0 Å². The first kappa shape index (κ1) is 11.6. The van der Waals surface area contributed by atoms with Gasteiger partial charge >= 0.3 is 0 Å². The quantitative estimate of drug-likeness (QED) is 0.626. The van der Waals surface area contributed by atoms with Gasteiger partial charge in [-0.15, -0.1) is 0 Å². The summed E-state index contributed by atoms with van der Waals surface area (Å²) >= 11 is 0. The molecule has 0 saturated heterocycles. The first-order chi connectivity index (χ1) is 8.15. The van der Waals surface area contributed by atoms with Gasteiger partial charge in [0.25, 0.3) is 0 Å². The van der Waals surface area contributed by atoms with Gasteiger partial charge < -0.3 is 16.8 Å². The molecule has 17 heavy (non-hydrogen) atoms. The Bertz CT molecular complexity index is 416. The van der Waals surface area contributed by atoms with Crippen LogP contribution < -0.4 is 16.8 Å². The van der Waals surface area contributed by atoms with E-state index in [2.05, 4.69) is 15.3 Å². The molecule has 1 aliphatic rings. The number of carbonyl (C=O) groups excluding carboxylic acids is 1. The SMILES string of the molecule is NC(=O)CCCNc1cc(N)nc(C2CC2)n1. The third-order valence-corrected chi connectivity index (χ3v) is 2.61. The molecule has 1 saturated carbocycles. The van der Waals surface area contributed by atoms with E-state index in [1.807, 2.05) is 0 Å². The molecule has 1 fully saturated rings. The molecule has 0 spiro atoms. The average molecular weight is 235 g/mol. The van der Waals surface area contributed by atoms with E-state index in [4.69, 9.17) is 11.5 Å². The van der Waals surface area contributed by atoms with Crippen LogP contribution in [0.3, 0.4) is 0 Å². The number of nitrogen functional groups attached to an aromatic ring is 1. The third-order valence-electron chi connectivity index (χ3n) is 2.61. The van der Waals surface area contributed by atoms with Crippen LogP contribution in [0, 0.1) is 0 Å². The van der Waals surface area contributed by atoms with Crippen molar-refractivity contribution >= 4 is 17.5 Å². The molecular formula is C11H17N5O. The average Bonchev–Trinajstić information content (AvgIpc) is 3.07. The molecule has 92 valence electrons. The minimum Gasteiger partial charge on any atom is -0.384 e. The molecule has 6 heteroatoms. The Hall–Kier alpha value is -1.85. The van der Waals surface area contributed by atoms with Crippen molar-refractivity contribution in [2.24, 2.45) is 5.73 Å². The maximum atomic E-state index is 10.6. The maximum Gasteiger partial charge on any atom is 0.217 e. The molecule has 2 rings (SSSR count). The van der Waals surface area contributed by atoms with E-state index in [0.29, 0.717) is 31.1 Å². The summed E-state index contributed by atoms with van der Waals surface area (Å²) in [5.74, 6) is 2.22. The highest BCUT2D eigenvalue weighted by atomic mass is 16.1. The standard InChI is InChI=1S/C11H17N5O/c12-8-6-10(14-5-1-2-9(13)17)16-11(15-8)7-3-4-7/h6-7H,1-5H2,(H2,13,17)(H3,12,14,15,16). The van der Waals surface area contributed by atoms with Gasteiger partial charge in [-0.1, -0.05) is 0 Å². The van der Waals surface area contributed by atoms with Crippen LogP contribution in [0.2, 0.25) is 0 Å². The van der Waals surface area contributed by atoms with Gasteiger partial charge in [0.1, 0.15) is 17.5 Å². The van der Waals surface area contributed by atoms with Gasteiger partial charge in [-0.25, -0.2) is 9.97 Å². The lowest BCUT2D eigenvalue weighted by Gasteiger charge is -2.07. The van der Waals surface area contributed by atoms with Crippen LogP contribution in [-0.4, -0.2) is 22.4 Å². The molecule has 1 heterocycles. The first-order valence-electron chi connectivity index (χ1n) is 5.82. The van der Waals surface area contributed by atoms with Gasteiger partial charge in [0.2, 0.25) is 5.91 Å². The van der Waals surface area contributed by atoms with Gasteiger partial charge in [0.05, 0.1) is 0 Å². The van der Waals surface area contributed by atoms with Gasteiger partial charge in [0, 0.05) is 24.9 Å². The number of nitrogens with two attached hydrogens (primary N) is 2. The van der Waals surface area contributed by atoms with Crippen LogP contribution in [0.4, 0.5) is 11.6 Å². The second-order valence-corrected chi connectivity index (χ2v) is 4.31. The van der Waals surface area contributed by atoms with Crippen LogP contribution in [-0.2, 0) is 4.79 Å². The fourth-order valence-corrected chi connectivity index (χ4v) is 1.58. The molecule has 0 atom stereocenters. The van der Waals surface area contributed by atoms with Crippen molar-refractivity contribution in [2.45, 2.75) is 31.6 Å². The molecule has 6 nitrogen and oxygen atoms in total. The molecule has 0 aliphatic heterocycles. The number of hydrogen-bond donors (Lipinski definition) is 3. The minimum absolute atomic E-state index is 0.285. The van der Waals surface area contributed by atoms with Gasteiger partial charge in [-0.05, 0) is 19.3 Å². The molecule has 0 aromatic carbocycles. The fourth-order valence-electron chi connectivity index (χ4n) is 1.58. The van der Waals surface area contributed by atoms with E-state index in [1.165, 1.54) is 0 Å². The highest BCUT2D eigenvalue weighted by Gasteiger charge is 2.27. The minimum atomic E-state index is -0.285. The predicted molar refractivity (Wildman–Crippen MR) is 65.3 cm³/mol. The Morgan fingerprint density at radius 2 is 2.24 bits per heavy atom. The largest absolute Gasteiger partial charge is 0.384 e. The molecule has 0 radical (unpaired) electrons. The molecule has 0 bridgehead atoms. The molecule has 1 aliphatic carbocycles. The van der Waals surface area contributed by atoms with Crippen molar-refractivity contribution in [3.05, 3.63) is 11.9 Å². The smallest absolute Gasteiger partial charge is 0.217 e. The maximum absolute atomic E-state index is 10.6. The molecule has 1 aromatic rings. The Balaban J connectivity index is 1.89. The van der Waals surface area contributed by atoms with E-state index in [-0.39, 0.29) is 5.91 Å². The second kappa shape index (κ2) is 4.99. The number of nitrogens with zero attached hydrogens (tertiary/aromatic N) is 2. The van der Waals surface area contributed by atoms with Gasteiger partial charge in [-0.3, -0.25) is 4.79 Å². The number of primary amides is 1. The lowest BCUT2D eigenvalue weighted by molar-refractivity contribution is -0.118. The lowest BCUT2D eigenvalue weighted by Crippen LogP contribution is -2.13. The van der Waals surface area contributed by atoms with Crippen LogP contribution >= 0.6 is 0 Å². The summed E-state index contributed by atoms with van der Waals surface area (Å²) in [5.41, 5.74) is 10.8. The summed E-state index contributed by atoms with van der Waals surface area (Å²) in [4.78, 5) is 19.2. The topological polar surface area (TPSA) is 107 Å². The summed E-state index contributed by atoms with van der Waals surface area (Å²) in [6.45, 7) is 0.656. The molecule has 1 amide bonds. The lowest BCUT2D eigenvalue weighted by atomic mass is 10.3. The molecular weight excluding hydrogens is 218 g/mol. The molecule has 1 aromatic heterocycles. The zero-order valence-electron chi connectivity index (χ0n) is 9.65. The summed E-state index contributed by atoms with van der Waals surface area (Å²) in [6, 6.07) is 1.70. The number of rotatable bonds is 6. The monoisotopic (exact) mass is 235 g/mol. The summed E-state index contributed by atoms with van der Waals surface area (Å²) in [7, 11) is 0. The van der Waals surface area contributed by atoms with Crippen LogP contribution in [0.25, 0.3) is 0 Å². The normalized spacial score (nSPS) is 14.6. The Morgan fingerprint density at radius 3 is 2.88 bits per heavy atom. The second-order valence-electron chi connectivity index (χ2n) is 4.31. The zero-order valence-corrected chi connectivity index (χ0v) is 9.65. The van der Waals surface area contributed by atoms with Crippen LogP contribution in [0.15, 0.2) is 6.07 Å². The summed E-state index contributed by atoms with van der Waals surface area (Å²) in [6.07, 6.45) is 3.36. The highest BCUT2D eigenvalue weighted by molar-refractivity contribution is 5.73. The van der Waals surface area contributed by atoms with Crippen molar-refractivity contribution in [1.29, 1.82) is 0 Å². The first-order valence-corrected chi connectivity index (χ1v) is 5.82. The fraction of sp³-hybridized carbons (Fsp3) is 0.545. The van der Waals surface area contributed by atoms with E-state index in [9.17, 15) is 4.79 Å². The van der Waals surface area contributed by atoms with Crippen molar-refractivity contribution < 1.29 is 4.79 Å². The van der Waals surface area contributed by atoms with E-state index in [0.717, 1.165) is 24.5 Å². The number of amides is 1. The van der Waals surface area contributed by atoms with E-state index in [1.54, 1.807) is 6.07 Å². The Labute approximate surface area is 99.8 Å². The number of carbonyl (C=O) groups is 1. The summed E-state index contributed by atoms with van der Waals surface area (Å²) < 4.78 is 0. The van der Waals surface area contributed by atoms with Gasteiger partial charge in [0.15, 0.2) is 0 Å². The highest BCUT2D eigenvalue weighted by Crippen LogP contribution is 2.38. The number of nitrogens with one attached hydrogen (secondary N) is 1. The Kier molecular flexibility index (Phi) is 3.41. The number of aromatic nitrogens is 2. The van der Waals surface area contributed by atoms with Crippen molar-refractivity contribution in [2.75, 3.05) is 17.6 Å². The van der Waals surface area contributed by atoms with Crippen LogP contribution in [0.5, 0.6) is 0 Å².